The highest BCUT2D eigenvalue weighted by Gasteiger charge is 2.46. The molecule has 2 aliphatic rings. The molecule has 1 aliphatic heterocycles. The number of ketones is 1. The van der Waals surface area contributed by atoms with E-state index >= 15 is 0 Å². The number of nitrogens with two attached hydrogens (primary N) is 1. The lowest BCUT2D eigenvalue weighted by molar-refractivity contribution is -0.132. The Balaban J connectivity index is 2.11. The number of nitriles is 1. The maximum atomic E-state index is 12.5. The molecular formula is C17H17BrN2O3. The van der Waals surface area contributed by atoms with Gasteiger partial charge in [0.2, 0.25) is 0 Å². The number of halogens is 1. The van der Waals surface area contributed by atoms with E-state index in [9.17, 15) is 10.1 Å². The number of carbonyl (C=O) groups excluding carboxylic acids is 1. The highest BCUT2D eigenvalue weighted by Crippen LogP contribution is 2.45. The number of hydrogen-bond acceptors (Lipinski definition) is 5. The molecule has 0 bridgehead atoms. The van der Waals surface area contributed by atoms with Gasteiger partial charge < -0.3 is 15.2 Å². The van der Waals surface area contributed by atoms with Crippen LogP contribution in [0.2, 0.25) is 0 Å². The fourth-order valence-electron chi connectivity index (χ4n) is 3.50. The van der Waals surface area contributed by atoms with Crippen molar-refractivity contribution >= 4 is 21.7 Å². The molecule has 0 aromatic heterocycles. The molecule has 23 heavy (non-hydrogen) atoms. The summed E-state index contributed by atoms with van der Waals surface area (Å²) in [6, 6.07) is 7.72. The van der Waals surface area contributed by atoms with Crippen LogP contribution in [0.5, 0.6) is 5.75 Å². The molecule has 3 rings (SSSR count). The van der Waals surface area contributed by atoms with Gasteiger partial charge in [0.15, 0.2) is 5.88 Å². The summed E-state index contributed by atoms with van der Waals surface area (Å²) >= 11 is 3.46. The minimum Gasteiger partial charge on any atom is -0.496 e. The fraction of sp³-hybridized carbons (Fsp3) is 0.412. The van der Waals surface area contributed by atoms with Gasteiger partial charge in [-0.25, -0.2) is 0 Å². The molecule has 0 amide bonds. The zero-order valence-electron chi connectivity index (χ0n) is 12.7. The Morgan fingerprint density at radius 3 is 2.91 bits per heavy atom. The quantitative estimate of drug-likeness (QED) is 0.857. The highest BCUT2D eigenvalue weighted by molar-refractivity contribution is 9.10. The maximum Gasteiger partial charge on any atom is 0.199 e. The van der Waals surface area contributed by atoms with Crippen molar-refractivity contribution in [1.29, 1.82) is 5.26 Å². The zero-order valence-corrected chi connectivity index (χ0v) is 14.3. The first-order valence-corrected chi connectivity index (χ1v) is 8.28. The Morgan fingerprint density at radius 1 is 1.48 bits per heavy atom. The number of benzene rings is 1. The number of hydrogen-bond donors (Lipinski definition) is 1. The third kappa shape index (κ3) is 2.70. The number of allylic oxidation sites excluding steroid dienone is 1. The van der Waals surface area contributed by atoms with Gasteiger partial charge >= 0.3 is 0 Å². The van der Waals surface area contributed by atoms with Crippen LogP contribution >= 0.6 is 15.9 Å². The summed E-state index contributed by atoms with van der Waals surface area (Å²) < 4.78 is 11.7. The van der Waals surface area contributed by atoms with Gasteiger partial charge in [0, 0.05) is 12.3 Å². The first-order chi connectivity index (χ1) is 11.1. The van der Waals surface area contributed by atoms with E-state index < -0.39 is 0 Å². The second-order valence-electron chi connectivity index (χ2n) is 5.80. The highest BCUT2D eigenvalue weighted by atomic mass is 79.9. The van der Waals surface area contributed by atoms with Gasteiger partial charge in [-0.3, -0.25) is 4.79 Å². The monoisotopic (exact) mass is 376 g/mol. The molecular weight excluding hydrogens is 360 g/mol. The number of methoxy groups -OCH3 is 1. The van der Waals surface area contributed by atoms with E-state index in [2.05, 4.69) is 22.0 Å². The molecule has 1 heterocycles. The van der Waals surface area contributed by atoms with Gasteiger partial charge in [-0.15, -0.1) is 0 Å². The van der Waals surface area contributed by atoms with Crippen molar-refractivity contribution in [1.82, 2.24) is 0 Å². The van der Waals surface area contributed by atoms with Crippen LogP contribution < -0.4 is 10.5 Å². The maximum absolute atomic E-state index is 12.5. The van der Waals surface area contributed by atoms with Crippen LogP contribution in [0.15, 0.2) is 34.1 Å². The summed E-state index contributed by atoms with van der Waals surface area (Å²) in [5.41, 5.74) is 7.15. The third-order valence-corrected chi connectivity index (χ3v) is 5.17. The zero-order chi connectivity index (χ0) is 16.6. The van der Waals surface area contributed by atoms with Gasteiger partial charge in [0.25, 0.3) is 0 Å². The lowest BCUT2D eigenvalue weighted by Gasteiger charge is -2.40. The van der Waals surface area contributed by atoms with Crippen molar-refractivity contribution in [2.45, 2.75) is 31.3 Å². The summed E-state index contributed by atoms with van der Waals surface area (Å²) in [5.74, 6) is 0.251. The lowest BCUT2D eigenvalue weighted by atomic mass is 9.70. The molecule has 1 aromatic carbocycles. The second kappa shape index (κ2) is 6.25. The topological polar surface area (TPSA) is 85.3 Å². The number of nitrogens with zero attached hydrogens (tertiary/aromatic N) is 1. The van der Waals surface area contributed by atoms with E-state index in [4.69, 9.17) is 15.2 Å². The van der Waals surface area contributed by atoms with E-state index in [0.717, 1.165) is 22.9 Å². The Kier molecular flexibility index (Phi) is 4.31. The summed E-state index contributed by atoms with van der Waals surface area (Å²) in [7, 11) is 1.59. The molecule has 0 saturated heterocycles. The Morgan fingerprint density at radius 2 is 2.26 bits per heavy atom. The van der Waals surface area contributed by atoms with E-state index in [1.807, 2.05) is 18.2 Å². The van der Waals surface area contributed by atoms with Gasteiger partial charge in [0.1, 0.15) is 23.7 Å². The summed E-state index contributed by atoms with van der Waals surface area (Å²) in [6.45, 7) is 0. The standard InChI is InChI=1S/C17H17BrN2O3/c1-22-13-6-5-9(7-11(13)18)15-10(8-19)17(20)23-14-4-2-3-12(21)16(14)15/h5-7,14-16H,2-4,20H2,1H3. The number of ether oxygens (including phenoxy) is 2. The lowest BCUT2D eigenvalue weighted by Crippen LogP contribution is -2.43. The third-order valence-electron chi connectivity index (χ3n) is 4.55. The molecule has 120 valence electrons. The van der Waals surface area contributed by atoms with Crippen molar-refractivity contribution in [3.8, 4) is 11.8 Å². The molecule has 1 saturated carbocycles. The van der Waals surface area contributed by atoms with Crippen LogP contribution in [-0.2, 0) is 9.53 Å². The average molecular weight is 377 g/mol. The summed E-state index contributed by atoms with van der Waals surface area (Å²) in [6.07, 6.45) is 1.86. The van der Waals surface area contributed by atoms with Crippen LogP contribution in [-0.4, -0.2) is 19.0 Å². The van der Waals surface area contributed by atoms with Gasteiger partial charge in [-0.05, 0) is 46.5 Å². The summed E-state index contributed by atoms with van der Waals surface area (Å²) in [5, 5.41) is 9.52. The van der Waals surface area contributed by atoms with Crippen molar-refractivity contribution < 1.29 is 14.3 Å². The fourth-order valence-corrected chi connectivity index (χ4v) is 4.06. The van der Waals surface area contributed by atoms with Crippen LogP contribution in [0, 0.1) is 17.2 Å². The first kappa shape index (κ1) is 15.9. The van der Waals surface area contributed by atoms with E-state index in [-0.39, 0.29) is 29.6 Å². The largest absolute Gasteiger partial charge is 0.496 e. The van der Waals surface area contributed by atoms with Crippen molar-refractivity contribution in [2.24, 2.45) is 11.7 Å². The molecule has 1 aromatic rings. The number of carbonyl (C=O) groups is 1. The van der Waals surface area contributed by atoms with Crippen molar-refractivity contribution in [2.75, 3.05) is 7.11 Å². The summed E-state index contributed by atoms with van der Waals surface area (Å²) in [4.78, 5) is 12.5. The van der Waals surface area contributed by atoms with Crippen molar-refractivity contribution in [3.63, 3.8) is 0 Å². The molecule has 3 atom stereocenters. The molecule has 6 heteroatoms. The Bertz CT molecular complexity index is 723. The van der Waals surface area contributed by atoms with E-state index in [1.54, 1.807) is 7.11 Å². The van der Waals surface area contributed by atoms with E-state index in [1.165, 1.54) is 0 Å². The van der Waals surface area contributed by atoms with E-state index in [0.29, 0.717) is 17.7 Å². The molecule has 0 radical (unpaired) electrons. The minimum atomic E-state index is -0.367. The number of fused-ring (bicyclic) bond motifs is 1. The molecule has 5 nitrogen and oxygen atoms in total. The van der Waals surface area contributed by atoms with Crippen LogP contribution in [0.25, 0.3) is 0 Å². The smallest absolute Gasteiger partial charge is 0.199 e. The second-order valence-corrected chi connectivity index (χ2v) is 6.66. The number of rotatable bonds is 2. The molecule has 2 N–H and O–H groups in total. The van der Waals surface area contributed by atoms with Crippen LogP contribution in [0.4, 0.5) is 0 Å². The number of Topliss-reactive ketones (excluding diaryl/α,β-unsaturated/α-hetero) is 1. The SMILES string of the molecule is COc1ccc(C2C(C#N)=C(N)OC3CCCC(=O)C32)cc1Br. The minimum absolute atomic E-state index is 0.137. The predicted molar refractivity (Wildman–Crippen MR) is 87.5 cm³/mol. The average Bonchev–Trinajstić information content (AvgIpc) is 2.53. The molecule has 1 aliphatic carbocycles. The van der Waals surface area contributed by atoms with Crippen LogP contribution in [0.1, 0.15) is 30.7 Å². The van der Waals surface area contributed by atoms with Crippen LogP contribution in [0.3, 0.4) is 0 Å². The molecule has 0 spiro atoms. The van der Waals surface area contributed by atoms with Crippen molar-refractivity contribution in [3.05, 3.63) is 39.7 Å². The van der Waals surface area contributed by atoms with Gasteiger partial charge in [-0.1, -0.05) is 6.07 Å². The normalized spacial score (nSPS) is 27.0. The molecule has 1 fully saturated rings. The van der Waals surface area contributed by atoms with Gasteiger partial charge in [0.05, 0.1) is 23.1 Å². The van der Waals surface area contributed by atoms with Gasteiger partial charge in [-0.2, -0.15) is 5.26 Å². The predicted octanol–water partition coefficient (Wildman–Crippen LogP) is 3.00. The molecule has 3 unspecified atom stereocenters. The first-order valence-electron chi connectivity index (χ1n) is 7.49. The Labute approximate surface area is 143 Å². The Hall–Kier alpha value is -2.00.